The predicted molar refractivity (Wildman–Crippen MR) is 39.5 cm³/mol. The Morgan fingerprint density at radius 3 is 2.70 bits per heavy atom. The summed E-state index contributed by atoms with van der Waals surface area (Å²) >= 11 is 0. The topological polar surface area (TPSA) is 40.5 Å². The first-order valence-electron chi connectivity index (χ1n) is 3.71. The Morgan fingerprint density at radius 1 is 1.50 bits per heavy atom. The molecule has 0 unspecified atom stereocenters. The minimum atomic E-state index is -0.294. The maximum absolute atomic E-state index is 9.12. The monoisotopic (exact) mass is 142 g/mol. The van der Waals surface area contributed by atoms with Crippen LogP contribution in [0.4, 0.5) is 0 Å². The van der Waals surface area contributed by atoms with E-state index in [9.17, 15) is 0 Å². The molecule has 1 aliphatic carbocycles. The third-order valence-electron chi connectivity index (χ3n) is 2.14. The van der Waals surface area contributed by atoms with E-state index in [-0.39, 0.29) is 18.6 Å². The number of aliphatic hydroxyl groups excluding tert-OH is 2. The highest BCUT2D eigenvalue weighted by Crippen LogP contribution is 2.23. The molecule has 0 aromatic carbocycles. The number of hydrogen-bond acceptors (Lipinski definition) is 2. The van der Waals surface area contributed by atoms with Crippen LogP contribution in [0.15, 0.2) is 12.2 Å². The zero-order valence-electron chi connectivity index (χ0n) is 6.20. The zero-order valence-corrected chi connectivity index (χ0v) is 6.20. The van der Waals surface area contributed by atoms with Crippen molar-refractivity contribution in [3.63, 3.8) is 0 Å². The number of hydrogen-bond donors (Lipinski definition) is 2. The lowest BCUT2D eigenvalue weighted by molar-refractivity contribution is 0.137. The van der Waals surface area contributed by atoms with Crippen molar-refractivity contribution in [1.82, 2.24) is 0 Å². The van der Waals surface area contributed by atoms with Crippen LogP contribution in [0.3, 0.4) is 0 Å². The standard InChI is InChI=1S/C8H14O2/c1-6-4-8(10)3-2-7(6)5-9/h2-3,6-10H,4-5H2,1H3/t6-,7-,8-/m0/s1. The molecule has 2 nitrogen and oxygen atoms in total. The van der Waals surface area contributed by atoms with Crippen LogP contribution in [0.25, 0.3) is 0 Å². The van der Waals surface area contributed by atoms with E-state index in [1.54, 1.807) is 6.08 Å². The first-order valence-corrected chi connectivity index (χ1v) is 3.71. The lowest BCUT2D eigenvalue weighted by atomic mass is 9.85. The molecule has 0 fully saturated rings. The maximum Gasteiger partial charge on any atom is 0.0723 e. The Balaban J connectivity index is 2.53. The van der Waals surface area contributed by atoms with Gasteiger partial charge in [0.25, 0.3) is 0 Å². The summed E-state index contributed by atoms with van der Waals surface area (Å²) in [5.41, 5.74) is 0. The van der Waals surface area contributed by atoms with E-state index < -0.39 is 0 Å². The largest absolute Gasteiger partial charge is 0.396 e. The van der Waals surface area contributed by atoms with Gasteiger partial charge in [0.15, 0.2) is 0 Å². The van der Waals surface area contributed by atoms with Crippen LogP contribution in [0.2, 0.25) is 0 Å². The predicted octanol–water partition coefficient (Wildman–Crippen LogP) is 0.552. The molecule has 3 atom stereocenters. The van der Waals surface area contributed by atoms with Gasteiger partial charge in [-0.25, -0.2) is 0 Å². The second-order valence-electron chi connectivity index (χ2n) is 3.01. The van der Waals surface area contributed by atoms with Crippen molar-refractivity contribution in [2.45, 2.75) is 19.4 Å². The van der Waals surface area contributed by atoms with E-state index in [1.165, 1.54) is 0 Å². The van der Waals surface area contributed by atoms with Crippen LogP contribution in [0, 0.1) is 11.8 Å². The van der Waals surface area contributed by atoms with Crippen molar-refractivity contribution >= 4 is 0 Å². The van der Waals surface area contributed by atoms with Gasteiger partial charge in [-0.05, 0) is 12.3 Å². The fourth-order valence-corrected chi connectivity index (χ4v) is 1.34. The molecular formula is C8H14O2. The minimum Gasteiger partial charge on any atom is -0.396 e. The molecule has 0 aliphatic heterocycles. The van der Waals surface area contributed by atoms with E-state index in [0.29, 0.717) is 5.92 Å². The second-order valence-corrected chi connectivity index (χ2v) is 3.01. The van der Waals surface area contributed by atoms with Crippen molar-refractivity contribution in [3.8, 4) is 0 Å². The smallest absolute Gasteiger partial charge is 0.0723 e. The van der Waals surface area contributed by atoms with Gasteiger partial charge < -0.3 is 10.2 Å². The number of aliphatic hydroxyl groups is 2. The zero-order chi connectivity index (χ0) is 7.56. The third-order valence-corrected chi connectivity index (χ3v) is 2.14. The molecule has 1 rings (SSSR count). The molecule has 0 saturated carbocycles. The fraction of sp³-hybridized carbons (Fsp3) is 0.750. The first kappa shape index (κ1) is 7.76. The molecule has 0 amide bonds. The summed E-state index contributed by atoms with van der Waals surface area (Å²) in [6, 6.07) is 0. The summed E-state index contributed by atoms with van der Waals surface area (Å²) in [5.74, 6) is 0.661. The van der Waals surface area contributed by atoms with E-state index in [4.69, 9.17) is 10.2 Å². The average Bonchev–Trinajstić information content (AvgIpc) is 1.88. The summed E-state index contributed by atoms with van der Waals surface area (Å²) < 4.78 is 0. The molecule has 10 heavy (non-hydrogen) atoms. The molecule has 0 spiro atoms. The van der Waals surface area contributed by atoms with Crippen molar-refractivity contribution in [2.75, 3.05) is 6.61 Å². The summed E-state index contributed by atoms with van der Waals surface area (Å²) in [5, 5.41) is 17.9. The summed E-state index contributed by atoms with van der Waals surface area (Å²) in [6.45, 7) is 2.25. The average molecular weight is 142 g/mol. The summed E-state index contributed by atoms with van der Waals surface area (Å²) in [6.07, 6.45) is 4.15. The van der Waals surface area contributed by atoms with Crippen LogP contribution >= 0.6 is 0 Å². The van der Waals surface area contributed by atoms with Gasteiger partial charge in [-0.3, -0.25) is 0 Å². The van der Waals surface area contributed by atoms with Crippen molar-refractivity contribution < 1.29 is 10.2 Å². The van der Waals surface area contributed by atoms with E-state index in [2.05, 4.69) is 0 Å². The molecule has 0 bridgehead atoms. The first-order chi connectivity index (χ1) is 4.74. The molecule has 0 radical (unpaired) electrons. The molecule has 2 N–H and O–H groups in total. The van der Waals surface area contributed by atoms with Crippen LogP contribution in [0.5, 0.6) is 0 Å². The highest BCUT2D eigenvalue weighted by atomic mass is 16.3. The highest BCUT2D eigenvalue weighted by Gasteiger charge is 2.20. The van der Waals surface area contributed by atoms with Gasteiger partial charge >= 0.3 is 0 Å². The van der Waals surface area contributed by atoms with Gasteiger partial charge in [0.2, 0.25) is 0 Å². The van der Waals surface area contributed by atoms with E-state index >= 15 is 0 Å². The molecule has 0 heterocycles. The molecular weight excluding hydrogens is 128 g/mol. The van der Waals surface area contributed by atoms with Gasteiger partial charge in [-0.2, -0.15) is 0 Å². The molecule has 1 aliphatic rings. The third kappa shape index (κ3) is 1.58. The highest BCUT2D eigenvalue weighted by molar-refractivity contribution is 5.00. The summed E-state index contributed by atoms with van der Waals surface area (Å²) in [7, 11) is 0. The van der Waals surface area contributed by atoms with Crippen molar-refractivity contribution in [3.05, 3.63) is 12.2 Å². The molecule has 0 saturated heterocycles. The van der Waals surface area contributed by atoms with Crippen LogP contribution in [-0.2, 0) is 0 Å². The Kier molecular flexibility index (Phi) is 2.46. The normalized spacial score (nSPS) is 40.1. The van der Waals surface area contributed by atoms with E-state index in [1.807, 2.05) is 13.0 Å². The Morgan fingerprint density at radius 2 is 2.20 bits per heavy atom. The lowest BCUT2D eigenvalue weighted by Crippen LogP contribution is -2.23. The van der Waals surface area contributed by atoms with Crippen LogP contribution in [-0.4, -0.2) is 22.9 Å². The Bertz CT molecular complexity index is 131. The molecule has 2 heteroatoms. The van der Waals surface area contributed by atoms with Crippen LogP contribution in [0.1, 0.15) is 13.3 Å². The minimum absolute atomic E-state index is 0.199. The maximum atomic E-state index is 9.12. The van der Waals surface area contributed by atoms with Crippen molar-refractivity contribution in [1.29, 1.82) is 0 Å². The molecule has 58 valence electrons. The van der Waals surface area contributed by atoms with Gasteiger partial charge in [0.1, 0.15) is 0 Å². The van der Waals surface area contributed by atoms with Gasteiger partial charge in [-0.15, -0.1) is 0 Å². The van der Waals surface area contributed by atoms with Gasteiger partial charge in [-0.1, -0.05) is 19.1 Å². The lowest BCUT2D eigenvalue weighted by Gasteiger charge is -2.24. The molecule has 0 aromatic rings. The quantitative estimate of drug-likeness (QED) is 0.525. The molecule has 0 aromatic heterocycles. The summed E-state index contributed by atoms with van der Waals surface area (Å²) in [4.78, 5) is 0. The SMILES string of the molecule is C[C@H]1C[C@@H](O)C=C[C@H]1CO. The van der Waals surface area contributed by atoms with E-state index in [0.717, 1.165) is 6.42 Å². The van der Waals surface area contributed by atoms with Gasteiger partial charge in [0.05, 0.1) is 6.10 Å². The number of rotatable bonds is 1. The second kappa shape index (κ2) is 3.17. The Labute approximate surface area is 61.2 Å². The fourth-order valence-electron chi connectivity index (χ4n) is 1.34. The van der Waals surface area contributed by atoms with Crippen molar-refractivity contribution in [2.24, 2.45) is 11.8 Å². The van der Waals surface area contributed by atoms with Gasteiger partial charge in [0, 0.05) is 12.5 Å². The van der Waals surface area contributed by atoms with Crippen LogP contribution < -0.4 is 0 Å². The Hall–Kier alpha value is -0.340.